The maximum absolute atomic E-state index is 14.2. The van der Waals surface area contributed by atoms with Gasteiger partial charge in [0.05, 0.1) is 0 Å². The summed E-state index contributed by atoms with van der Waals surface area (Å²) in [7, 11) is 0. The molecule has 0 aliphatic heterocycles. The fraction of sp³-hybridized carbons (Fsp3) is 0.750. The molecule has 0 aliphatic carbocycles. The van der Waals surface area contributed by atoms with E-state index in [9.17, 15) is 79.4 Å². The minimum Gasteiger partial charge on any atom is -0.395 e. The molecule has 0 N–H and O–H groups in total. The second-order valence-corrected chi connectivity index (χ2v) is 5.64. The molecule has 1 unspecified atom stereocenters. The molecule has 0 bridgehead atoms. The Labute approximate surface area is 158 Å². The van der Waals surface area contributed by atoms with E-state index in [-0.39, 0.29) is 6.92 Å². The van der Waals surface area contributed by atoms with E-state index in [1.807, 2.05) is 0 Å². The van der Waals surface area contributed by atoms with Gasteiger partial charge in [-0.2, -0.15) is 70.2 Å². The van der Waals surface area contributed by atoms with Gasteiger partial charge in [-0.3, -0.25) is 0 Å². The van der Waals surface area contributed by atoms with Crippen LogP contribution in [0, 0.1) is 0 Å². The summed E-state index contributed by atoms with van der Waals surface area (Å²) in [6.07, 6.45) is -23.7. The zero-order valence-electron chi connectivity index (χ0n) is 13.9. The summed E-state index contributed by atoms with van der Waals surface area (Å²) in [5.74, 6) is -37.5. The number of hydrogen-bond donors (Lipinski definition) is 0. The summed E-state index contributed by atoms with van der Waals surface area (Å²) in [6.45, 7) is 2.62. The molecule has 2 nitrogen and oxygen atoms in total. The Hall–Kier alpha value is -1.98. The van der Waals surface area contributed by atoms with Crippen molar-refractivity contribution in [2.75, 3.05) is 0 Å². The lowest BCUT2D eigenvalue weighted by atomic mass is 9.82. The molecular weight excluding hydrogens is 499 g/mol. The van der Waals surface area contributed by atoms with Crippen LogP contribution < -0.4 is 0 Å². The summed E-state index contributed by atoms with van der Waals surface area (Å²) in [4.78, 5) is 10.9. The quantitative estimate of drug-likeness (QED) is 0.239. The van der Waals surface area contributed by atoms with Gasteiger partial charge in [0.15, 0.2) is 0 Å². The van der Waals surface area contributed by atoms with Crippen molar-refractivity contribution < 1.29 is 84.2 Å². The highest BCUT2D eigenvalue weighted by molar-refractivity contribution is 5.87. The van der Waals surface area contributed by atoms with Gasteiger partial charge in [-0.1, -0.05) is 6.58 Å². The van der Waals surface area contributed by atoms with Crippen molar-refractivity contribution in [2.24, 2.45) is 0 Å². The number of esters is 1. The highest BCUT2D eigenvalue weighted by atomic mass is 19.4. The minimum absolute atomic E-state index is 0.255. The van der Waals surface area contributed by atoms with E-state index in [2.05, 4.69) is 11.3 Å². The van der Waals surface area contributed by atoms with Crippen molar-refractivity contribution in [1.29, 1.82) is 0 Å². The number of rotatable bonds is 7. The van der Waals surface area contributed by atoms with Crippen LogP contribution in [0.25, 0.3) is 0 Å². The standard InChI is InChI=1S/C12H5F17O2/c1-3(2)4(30)31-12(28,29)5(13,7(16,17)10(22,23)24)6(14,15)8(18,19)9(20,21)11(25,26)27/h1H2,2H3. The third kappa shape index (κ3) is 3.87. The average molecular weight is 504 g/mol. The Balaban J connectivity index is 7.37. The predicted octanol–water partition coefficient (Wildman–Crippen LogP) is 6.07. The average Bonchev–Trinajstić information content (AvgIpc) is 2.50. The number of carbonyl (C=O) groups excluding carboxylic acids is 1. The van der Waals surface area contributed by atoms with E-state index in [4.69, 9.17) is 0 Å². The van der Waals surface area contributed by atoms with Crippen LogP contribution in [-0.4, -0.2) is 53.8 Å². The van der Waals surface area contributed by atoms with Crippen molar-refractivity contribution in [1.82, 2.24) is 0 Å². The highest BCUT2D eigenvalue weighted by Gasteiger charge is 2.99. The Morgan fingerprint density at radius 1 is 0.581 bits per heavy atom. The zero-order valence-corrected chi connectivity index (χ0v) is 13.9. The van der Waals surface area contributed by atoms with Crippen LogP contribution in [0.15, 0.2) is 12.2 Å². The van der Waals surface area contributed by atoms with Gasteiger partial charge in [-0.25, -0.2) is 9.18 Å². The Morgan fingerprint density at radius 2 is 0.903 bits per heavy atom. The first-order valence-corrected chi connectivity index (χ1v) is 6.68. The molecule has 0 saturated carbocycles. The predicted molar refractivity (Wildman–Crippen MR) is 61.6 cm³/mol. The van der Waals surface area contributed by atoms with Crippen molar-refractivity contribution in [3.63, 3.8) is 0 Å². The molecule has 184 valence electrons. The fourth-order valence-corrected chi connectivity index (χ4v) is 1.62. The maximum atomic E-state index is 14.2. The summed E-state index contributed by atoms with van der Waals surface area (Å²) >= 11 is 0. The van der Waals surface area contributed by atoms with Gasteiger partial charge in [0.2, 0.25) is 0 Å². The van der Waals surface area contributed by atoms with Crippen LogP contribution in [0.2, 0.25) is 0 Å². The van der Waals surface area contributed by atoms with Crippen LogP contribution >= 0.6 is 0 Å². The van der Waals surface area contributed by atoms with Crippen molar-refractivity contribution in [2.45, 2.75) is 54.7 Å². The zero-order chi connectivity index (χ0) is 25.9. The molecule has 0 amide bonds. The van der Waals surface area contributed by atoms with Gasteiger partial charge < -0.3 is 4.74 Å². The Kier molecular flexibility index (Phi) is 6.81. The first-order chi connectivity index (χ1) is 13.1. The lowest BCUT2D eigenvalue weighted by Crippen LogP contribution is -2.79. The first-order valence-electron chi connectivity index (χ1n) is 6.68. The van der Waals surface area contributed by atoms with Crippen LogP contribution in [0.1, 0.15) is 6.92 Å². The lowest BCUT2D eigenvalue weighted by molar-refractivity contribution is -0.483. The molecule has 0 spiro atoms. The number of ether oxygens (including phenoxy) is 1. The van der Waals surface area contributed by atoms with E-state index in [0.29, 0.717) is 0 Å². The fourth-order valence-electron chi connectivity index (χ4n) is 1.62. The van der Waals surface area contributed by atoms with Gasteiger partial charge in [-0.15, -0.1) is 0 Å². The van der Waals surface area contributed by atoms with E-state index in [1.54, 1.807) is 0 Å². The molecule has 0 aromatic heterocycles. The number of halogens is 17. The normalized spacial score (nSPS) is 17.2. The topological polar surface area (TPSA) is 26.3 Å². The molecule has 0 aliphatic rings. The third-order valence-corrected chi connectivity index (χ3v) is 3.34. The van der Waals surface area contributed by atoms with Gasteiger partial charge >= 0.3 is 53.8 Å². The number of alkyl halides is 17. The van der Waals surface area contributed by atoms with Crippen LogP contribution in [-0.2, 0) is 9.53 Å². The highest BCUT2D eigenvalue weighted by Crippen LogP contribution is 2.65. The lowest BCUT2D eigenvalue weighted by Gasteiger charge is -2.45. The van der Waals surface area contributed by atoms with Crippen LogP contribution in [0.5, 0.6) is 0 Å². The summed E-state index contributed by atoms with van der Waals surface area (Å²) in [5, 5.41) is 0. The Bertz CT molecular complexity index is 716. The second-order valence-electron chi connectivity index (χ2n) is 5.64. The van der Waals surface area contributed by atoms with Crippen molar-refractivity contribution in [3.8, 4) is 0 Å². The first kappa shape index (κ1) is 29.0. The van der Waals surface area contributed by atoms with Gasteiger partial charge in [0.1, 0.15) is 0 Å². The van der Waals surface area contributed by atoms with Crippen molar-refractivity contribution >= 4 is 5.97 Å². The molecule has 1 atom stereocenters. The van der Waals surface area contributed by atoms with Crippen molar-refractivity contribution in [3.05, 3.63) is 12.2 Å². The molecule has 31 heavy (non-hydrogen) atoms. The Morgan fingerprint density at radius 3 is 1.16 bits per heavy atom. The van der Waals surface area contributed by atoms with E-state index < -0.39 is 59.4 Å². The second kappa shape index (κ2) is 7.28. The molecule has 0 saturated heterocycles. The maximum Gasteiger partial charge on any atom is 0.460 e. The number of hydrogen-bond acceptors (Lipinski definition) is 2. The third-order valence-electron chi connectivity index (χ3n) is 3.34. The summed E-state index contributed by atoms with van der Waals surface area (Å²) in [5.41, 5.74) is -10.2. The molecule has 0 aromatic rings. The molecule has 0 radical (unpaired) electrons. The summed E-state index contributed by atoms with van der Waals surface area (Å²) in [6, 6.07) is 0. The van der Waals surface area contributed by atoms with Crippen LogP contribution in [0.3, 0.4) is 0 Å². The molecule has 19 heteroatoms. The van der Waals surface area contributed by atoms with E-state index >= 15 is 0 Å². The molecular formula is C12H5F17O2. The smallest absolute Gasteiger partial charge is 0.395 e. The van der Waals surface area contributed by atoms with E-state index in [1.165, 1.54) is 0 Å². The van der Waals surface area contributed by atoms with Gasteiger partial charge in [0.25, 0.3) is 0 Å². The minimum atomic E-state index is -8.91. The molecule has 0 heterocycles. The summed E-state index contributed by atoms with van der Waals surface area (Å²) < 4.78 is 223. The van der Waals surface area contributed by atoms with E-state index in [0.717, 1.165) is 0 Å². The molecule has 0 rings (SSSR count). The number of carbonyl (C=O) groups is 1. The largest absolute Gasteiger partial charge is 0.460 e. The molecule has 0 aromatic carbocycles. The van der Waals surface area contributed by atoms with Gasteiger partial charge in [0, 0.05) is 5.57 Å². The molecule has 0 fully saturated rings. The van der Waals surface area contributed by atoms with Crippen LogP contribution in [0.4, 0.5) is 74.6 Å². The van der Waals surface area contributed by atoms with Gasteiger partial charge in [-0.05, 0) is 6.92 Å². The monoisotopic (exact) mass is 504 g/mol. The SMILES string of the molecule is C=C(C)C(=O)OC(F)(F)C(F)(C(F)(F)C(F)(F)F)C(F)(F)C(F)(F)C(F)(F)C(F)(F)F.